The minimum atomic E-state index is -2.24. The molecule has 4 nitrogen and oxygen atoms in total. The number of thiophene rings is 2. The zero-order valence-electron chi connectivity index (χ0n) is 22.8. The summed E-state index contributed by atoms with van der Waals surface area (Å²) in [4.78, 5) is 7.64. The first-order chi connectivity index (χ1) is 18.1. The summed E-state index contributed by atoms with van der Waals surface area (Å²) >= 11 is 3.24. The van der Waals surface area contributed by atoms with Gasteiger partial charge in [0.15, 0.2) is 0 Å². The third kappa shape index (κ3) is 4.70. The average Bonchev–Trinajstić information content (AvgIpc) is 3.61. The van der Waals surface area contributed by atoms with E-state index in [1.807, 2.05) is 24.4 Å². The van der Waals surface area contributed by atoms with Gasteiger partial charge in [0.1, 0.15) is 5.06 Å². The minimum Gasteiger partial charge on any atom is -0.510 e. The zero-order valence-corrected chi connectivity index (χ0v) is 23.7. The molecule has 2 aromatic carbocycles. The summed E-state index contributed by atoms with van der Waals surface area (Å²) in [5.41, 5.74) is 3.91. The molecule has 3 aromatic heterocycles. The first-order valence-corrected chi connectivity index (χ1v) is 12.9. The van der Waals surface area contributed by atoms with Crippen molar-refractivity contribution >= 4 is 48.5 Å². The van der Waals surface area contributed by atoms with Gasteiger partial charge in [-0.25, -0.2) is 0 Å². The van der Waals surface area contributed by atoms with Gasteiger partial charge >= 0.3 is 0 Å². The van der Waals surface area contributed by atoms with Crippen LogP contribution in [0.1, 0.15) is 30.4 Å². The molecule has 0 saturated heterocycles. The number of hydrogen-bond donors (Lipinski definition) is 0. The Morgan fingerprint density at radius 3 is 2.78 bits per heavy atom. The van der Waals surface area contributed by atoms with Crippen LogP contribution in [0.5, 0.6) is 10.8 Å². The molecule has 0 radical (unpaired) electrons. The first kappa shape index (κ1) is 21.4. The van der Waals surface area contributed by atoms with E-state index in [0.29, 0.717) is 16.5 Å². The van der Waals surface area contributed by atoms with Crippen molar-refractivity contribution in [1.82, 2.24) is 9.88 Å². The van der Waals surface area contributed by atoms with Crippen molar-refractivity contribution in [2.24, 2.45) is 0 Å². The topological polar surface area (TPSA) is 28.6 Å². The van der Waals surface area contributed by atoms with Crippen molar-refractivity contribution in [3.05, 3.63) is 90.8 Å². The van der Waals surface area contributed by atoms with Crippen LogP contribution in [0.15, 0.2) is 66.4 Å². The average molecular weight is 693 g/mol. The van der Waals surface area contributed by atoms with Gasteiger partial charge in [-0.05, 0) is 47.9 Å². The predicted octanol–water partition coefficient (Wildman–Crippen LogP) is 8.21. The van der Waals surface area contributed by atoms with E-state index in [1.165, 1.54) is 39.4 Å². The Labute approximate surface area is 238 Å². The van der Waals surface area contributed by atoms with Crippen LogP contribution in [-0.4, -0.2) is 16.9 Å². The van der Waals surface area contributed by atoms with Crippen LogP contribution in [0, 0.1) is 18.8 Å². The first-order valence-electron chi connectivity index (χ1n) is 12.7. The Hall–Kier alpha value is -2.66. The number of benzene rings is 2. The SMILES string of the molecule is [2H]C([2H])([2H])N1C=CN(c2[c-]c(Oc3[c-]c4c(-c5cc(C(C)(C)C)ccn5)c5ccsc5cc4s3)ccc2)[CH-]1.[Pt]. The molecule has 0 aliphatic carbocycles. The van der Waals surface area contributed by atoms with Gasteiger partial charge in [0.25, 0.3) is 0 Å². The van der Waals surface area contributed by atoms with Crippen molar-refractivity contribution in [3.63, 3.8) is 0 Å². The number of anilines is 1. The normalized spacial score (nSPS) is 15.1. The minimum absolute atomic E-state index is 0. The zero-order chi connectivity index (χ0) is 26.7. The second-order valence-electron chi connectivity index (χ2n) is 9.38. The fourth-order valence-corrected chi connectivity index (χ4v) is 5.93. The Morgan fingerprint density at radius 2 is 1.97 bits per heavy atom. The summed E-state index contributed by atoms with van der Waals surface area (Å²) in [6.07, 6.45) is 5.09. The van der Waals surface area contributed by atoms with Crippen molar-refractivity contribution in [3.8, 4) is 22.1 Å². The molecule has 0 bridgehead atoms. The maximum atomic E-state index is 7.60. The fourth-order valence-electron chi connectivity index (χ4n) is 4.11. The van der Waals surface area contributed by atoms with Gasteiger partial charge in [-0.3, -0.25) is 4.98 Å². The molecule has 7 heteroatoms. The monoisotopic (exact) mass is 692 g/mol. The predicted molar refractivity (Wildman–Crippen MR) is 147 cm³/mol. The molecule has 36 heavy (non-hydrogen) atoms. The maximum absolute atomic E-state index is 7.60. The third-order valence-corrected chi connectivity index (χ3v) is 7.68. The number of fused-ring (bicyclic) bond motifs is 2. The van der Waals surface area contributed by atoms with Crippen molar-refractivity contribution in [1.29, 1.82) is 0 Å². The Bertz CT molecular complexity index is 1690. The molecule has 0 saturated carbocycles. The van der Waals surface area contributed by atoms with Crippen molar-refractivity contribution in [2.45, 2.75) is 26.2 Å². The van der Waals surface area contributed by atoms with E-state index in [9.17, 15) is 0 Å². The van der Waals surface area contributed by atoms with Crippen LogP contribution in [-0.2, 0) is 26.5 Å². The summed E-state index contributed by atoms with van der Waals surface area (Å²) in [6.45, 7) is 5.90. The number of rotatable bonds is 4. The van der Waals surface area contributed by atoms with Gasteiger partial charge in [-0.2, -0.15) is 29.5 Å². The molecule has 1 aliphatic heterocycles. The van der Waals surface area contributed by atoms with Crippen LogP contribution >= 0.6 is 22.7 Å². The van der Waals surface area contributed by atoms with Crippen LogP contribution < -0.4 is 9.64 Å². The molecule has 1 aliphatic rings. The summed E-state index contributed by atoms with van der Waals surface area (Å²) in [5, 5.41) is 4.88. The van der Waals surface area contributed by atoms with E-state index < -0.39 is 6.98 Å². The molecule has 0 spiro atoms. The number of hydrogen-bond acceptors (Lipinski definition) is 6. The van der Waals surface area contributed by atoms with E-state index in [2.05, 4.69) is 62.5 Å². The van der Waals surface area contributed by atoms with Gasteiger partial charge in [-0.15, -0.1) is 41.3 Å². The number of ether oxygens (including phenoxy) is 1. The van der Waals surface area contributed by atoms with Gasteiger partial charge in [0, 0.05) is 47.5 Å². The smallest absolute Gasteiger partial charge is 0.107 e. The molecular weight excluding hydrogens is 666 g/mol. The number of nitrogens with zero attached hydrogens (tertiary/aromatic N) is 3. The van der Waals surface area contributed by atoms with Gasteiger partial charge in [0.2, 0.25) is 0 Å². The van der Waals surface area contributed by atoms with Crippen LogP contribution in [0.2, 0.25) is 0 Å². The van der Waals surface area contributed by atoms with E-state index in [4.69, 9.17) is 13.8 Å². The molecule has 186 valence electrons. The van der Waals surface area contributed by atoms with Crippen LogP contribution in [0.25, 0.3) is 31.4 Å². The molecular formula is C29H24N3OPtS2-3. The van der Waals surface area contributed by atoms with E-state index >= 15 is 0 Å². The van der Waals surface area contributed by atoms with Crippen LogP contribution in [0.3, 0.4) is 0 Å². The summed E-state index contributed by atoms with van der Waals surface area (Å²) in [6, 6.07) is 20.9. The van der Waals surface area contributed by atoms with Gasteiger partial charge in [-0.1, -0.05) is 48.6 Å². The molecule has 0 atom stereocenters. The Morgan fingerprint density at radius 1 is 1.08 bits per heavy atom. The quantitative estimate of drug-likeness (QED) is 0.178. The molecule has 4 heterocycles. The second-order valence-corrected chi connectivity index (χ2v) is 11.3. The summed E-state index contributed by atoms with van der Waals surface area (Å²) in [5.74, 6) is 0.524. The van der Waals surface area contributed by atoms with Crippen molar-refractivity contribution < 1.29 is 29.9 Å². The van der Waals surface area contributed by atoms with Gasteiger partial charge in [0.05, 0.1) is 0 Å². The molecule has 0 amide bonds. The maximum Gasteiger partial charge on any atom is 0.107 e. The Kier molecular flexibility index (Phi) is 5.75. The summed E-state index contributed by atoms with van der Waals surface area (Å²) < 4.78 is 31.3. The van der Waals surface area contributed by atoms with E-state index in [0.717, 1.165) is 26.7 Å². The largest absolute Gasteiger partial charge is 0.510 e. The summed E-state index contributed by atoms with van der Waals surface area (Å²) in [7, 11) is 0. The second kappa shape index (κ2) is 9.66. The molecule has 0 unspecified atom stereocenters. The van der Waals surface area contributed by atoms with E-state index in [-0.39, 0.29) is 26.5 Å². The molecule has 6 rings (SSSR count). The fraction of sp³-hybridized carbons (Fsp3) is 0.172. The third-order valence-electron chi connectivity index (χ3n) is 5.91. The van der Waals surface area contributed by atoms with E-state index in [1.54, 1.807) is 22.4 Å². The van der Waals surface area contributed by atoms with Gasteiger partial charge < -0.3 is 14.5 Å². The van der Waals surface area contributed by atoms with Crippen LogP contribution in [0.4, 0.5) is 5.69 Å². The molecule has 0 N–H and O–H groups in total. The number of aromatic nitrogens is 1. The molecule has 0 fully saturated rings. The standard InChI is InChI=1S/C29H24N3OS2.Pt/c1-29(2,3)19-8-10-30-24(14-19)28-22-9-13-34-25(22)17-26-23(28)16-27(35-26)33-21-7-5-6-20(15-21)32-12-11-31(4)18-32;/h5-14,17-18H,1-4H3;/q-3;/i4D3;. The Balaban J connectivity index is 0.00000308. The molecule has 5 aromatic rings. The van der Waals surface area contributed by atoms with Crippen molar-refractivity contribution in [2.75, 3.05) is 11.9 Å². The number of pyridine rings is 1.